The van der Waals surface area contributed by atoms with E-state index in [0.29, 0.717) is 75.8 Å². The fourth-order valence-electron chi connectivity index (χ4n) is 5.04. The van der Waals surface area contributed by atoms with Crippen molar-refractivity contribution in [3.05, 3.63) is 81.7 Å². The van der Waals surface area contributed by atoms with Crippen LogP contribution in [0.1, 0.15) is 45.7 Å². The first-order valence-corrected chi connectivity index (χ1v) is 13.4. The number of aliphatic imine (C=N–C) groups is 1. The minimum atomic E-state index is -1.00. The summed E-state index contributed by atoms with van der Waals surface area (Å²) < 4.78 is 26.9. The zero-order valence-electron chi connectivity index (χ0n) is 20.4. The Hall–Kier alpha value is -3.47. The number of carbonyl (C=O) groups excluding carboxylic acids is 1. The van der Waals surface area contributed by atoms with Crippen molar-refractivity contribution in [3.8, 4) is 11.5 Å². The first-order valence-electron chi connectivity index (χ1n) is 12.1. The molecule has 0 saturated heterocycles. The predicted octanol–water partition coefficient (Wildman–Crippen LogP) is 5.43. The fraction of sp³-hybridized carbons (Fsp3) is 0.259. The van der Waals surface area contributed by atoms with Crippen LogP contribution in [0.15, 0.2) is 47.6 Å². The number of thioether (sulfide) groups is 1. The Labute approximate surface area is 227 Å². The number of fused-ring (bicyclic) bond motifs is 4. The van der Waals surface area contributed by atoms with E-state index in [1.807, 2.05) is 12.1 Å². The molecule has 0 aliphatic carbocycles. The van der Waals surface area contributed by atoms with Crippen LogP contribution in [0.3, 0.4) is 0 Å². The Bertz CT molecular complexity index is 1550. The number of benzene rings is 1. The zero-order valence-corrected chi connectivity index (χ0v) is 22.0. The number of halogens is 2. The molecule has 8 nitrogen and oxygen atoms in total. The molecule has 3 aliphatic heterocycles. The van der Waals surface area contributed by atoms with E-state index in [1.165, 1.54) is 18.0 Å². The average Bonchev–Trinajstić information content (AvgIpc) is 2.90. The minimum Gasteiger partial charge on any atom is -0.452 e. The van der Waals surface area contributed by atoms with Gasteiger partial charge in [-0.25, -0.2) is 15.0 Å². The van der Waals surface area contributed by atoms with Gasteiger partial charge < -0.3 is 20.5 Å². The summed E-state index contributed by atoms with van der Waals surface area (Å²) in [7, 11) is 0. The number of aromatic nitrogens is 2. The number of amides is 1. The Balaban J connectivity index is 1.46. The Morgan fingerprint density at radius 2 is 2.13 bits per heavy atom. The van der Waals surface area contributed by atoms with Crippen molar-refractivity contribution in [3.63, 3.8) is 0 Å². The number of nitrogens with two attached hydrogens (primary N) is 1. The van der Waals surface area contributed by atoms with Crippen molar-refractivity contribution in [2.45, 2.75) is 25.3 Å². The lowest BCUT2D eigenvalue weighted by molar-refractivity contribution is 0.102. The monoisotopic (exact) mass is 551 g/mol. The van der Waals surface area contributed by atoms with Gasteiger partial charge in [0.15, 0.2) is 10.9 Å². The second-order valence-corrected chi connectivity index (χ2v) is 10.8. The SMILES string of the molecule is Cc1cc(Cl)cnc1C(=O)Nc1ccc2c(c1)C1(CCSC(N)=N1)c1cc(C3=CCOCC3)nc(F)c1O2. The van der Waals surface area contributed by atoms with E-state index in [2.05, 4.69) is 15.3 Å². The molecule has 194 valence electrons. The van der Waals surface area contributed by atoms with Crippen LogP contribution in [-0.4, -0.2) is 40.0 Å². The van der Waals surface area contributed by atoms with Gasteiger partial charge in [-0.15, -0.1) is 0 Å². The summed E-state index contributed by atoms with van der Waals surface area (Å²) in [5.74, 6) is 0.0581. The quantitative estimate of drug-likeness (QED) is 0.417. The number of hydrogen-bond donors (Lipinski definition) is 2. The van der Waals surface area contributed by atoms with Crippen molar-refractivity contribution in [1.29, 1.82) is 0 Å². The zero-order chi connectivity index (χ0) is 26.4. The molecule has 0 saturated carbocycles. The molecule has 38 heavy (non-hydrogen) atoms. The molecule has 3 N–H and O–H groups in total. The molecule has 3 aromatic rings. The van der Waals surface area contributed by atoms with Gasteiger partial charge in [-0.1, -0.05) is 29.4 Å². The standard InChI is InChI=1S/C27H23ClFN5O3S/c1-14-10-16(28)13-31-22(14)25(35)32-17-2-3-21-18(11-17)27(6-9-38-26(30)34-27)19-12-20(15-4-7-36-8-5-15)33-24(29)23(19)37-21/h2-4,10-13H,5-9H2,1H3,(H2,30,34)(H,32,35). The van der Waals surface area contributed by atoms with Gasteiger partial charge in [-0.05, 0) is 61.2 Å². The van der Waals surface area contributed by atoms with Gasteiger partial charge >= 0.3 is 0 Å². The van der Waals surface area contributed by atoms with E-state index in [4.69, 9.17) is 31.8 Å². The van der Waals surface area contributed by atoms with Crippen molar-refractivity contribution >= 4 is 45.7 Å². The summed E-state index contributed by atoms with van der Waals surface area (Å²) in [4.78, 5) is 26.3. The second kappa shape index (κ2) is 9.68. The first kappa shape index (κ1) is 24.8. The van der Waals surface area contributed by atoms with Gasteiger partial charge in [0.2, 0.25) is 0 Å². The molecule has 5 heterocycles. The van der Waals surface area contributed by atoms with E-state index in [1.54, 1.807) is 31.2 Å². The topological polar surface area (TPSA) is 112 Å². The lowest BCUT2D eigenvalue weighted by atomic mass is 9.78. The van der Waals surface area contributed by atoms with Crippen LogP contribution in [0.5, 0.6) is 11.5 Å². The second-order valence-electron chi connectivity index (χ2n) is 9.22. The highest BCUT2D eigenvalue weighted by atomic mass is 35.5. The Morgan fingerprint density at radius 1 is 1.26 bits per heavy atom. The normalized spacial score (nSPS) is 20.1. The number of rotatable bonds is 3. The number of aryl methyl sites for hydroxylation is 1. The molecule has 0 fully saturated rings. The molecule has 0 radical (unpaired) electrons. The third-order valence-electron chi connectivity index (χ3n) is 6.84. The molecule has 1 aromatic carbocycles. The maximum Gasteiger partial charge on any atom is 0.274 e. The van der Waals surface area contributed by atoms with Crippen molar-refractivity contribution in [1.82, 2.24) is 9.97 Å². The van der Waals surface area contributed by atoms with E-state index >= 15 is 4.39 Å². The van der Waals surface area contributed by atoms with Gasteiger partial charge in [0.25, 0.3) is 11.9 Å². The maximum absolute atomic E-state index is 15.5. The average molecular weight is 552 g/mol. The summed E-state index contributed by atoms with van der Waals surface area (Å²) in [5.41, 5.74) is 9.36. The molecule has 1 unspecified atom stereocenters. The molecule has 1 spiro atoms. The van der Waals surface area contributed by atoms with Crippen molar-refractivity contribution < 1.29 is 18.7 Å². The van der Waals surface area contributed by atoms with Crippen LogP contribution in [0.4, 0.5) is 10.1 Å². The molecule has 6 rings (SSSR count). The Kier molecular flexibility index (Phi) is 6.33. The van der Waals surface area contributed by atoms with Gasteiger partial charge in [0.1, 0.15) is 17.0 Å². The highest BCUT2D eigenvalue weighted by molar-refractivity contribution is 8.13. The van der Waals surface area contributed by atoms with Gasteiger partial charge in [-0.2, -0.15) is 4.39 Å². The lowest BCUT2D eigenvalue weighted by Crippen LogP contribution is -2.36. The molecular formula is C27H23ClFN5O3S. The van der Waals surface area contributed by atoms with E-state index in [-0.39, 0.29) is 17.4 Å². The number of nitrogens with one attached hydrogen (secondary N) is 1. The number of carbonyl (C=O) groups is 1. The van der Waals surface area contributed by atoms with Crippen molar-refractivity contribution in [2.75, 3.05) is 24.3 Å². The fourth-order valence-corrected chi connectivity index (χ4v) is 6.08. The first-order chi connectivity index (χ1) is 18.3. The van der Waals surface area contributed by atoms with Crippen LogP contribution < -0.4 is 15.8 Å². The molecular weight excluding hydrogens is 529 g/mol. The van der Waals surface area contributed by atoms with Crippen LogP contribution in [0.25, 0.3) is 5.57 Å². The number of pyridine rings is 2. The van der Waals surface area contributed by atoms with Crippen LogP contribution >= 0.6 is 23.4 Å². The molecule has 0 bridgehead atoms. The largest absolute Gasteiger partial charge is 0.452 e. The number of ether oxygens (including phenoxy) is 2. The van der Waals surface area contributed by atoms with Gasteiger partial charge in [0.05, 0.1) is 23.9 Å². The number of anilines is 1. The highest BCUT2D eigenvalue weighted by Crippen LogP contribution is 2.54. The van der Waals surface area contributed by atoms with Crippen molar-refractivity contribution in [2.24, 2.45) is 10.7 Å². The third kappa shape index (κ3) is 4.32. The summed E-state index contributed by atoms with van der Waals surface area (Å²) in [6.07, 6.45) is 4.53. The molecule has 2 aromatic heterocycles. The third-order valence-corrected chi connectivity index (χ3v) is 7.84. The number of hydrogen-bond acceptors (Lipinski definition) is 8. The van der Waals surface area contributed by atoms with E-state index < -0.39 is 11.5 Å². The van der Waals surface area contributed by atoms with Crippen LogP contribution in [0.2, 0.25) is 5.02 Å². The lowest BCUT2D eigenvalue weighted by Gasteiger charge is -2.39. The predicted molar refractivity (Wildman–Crippen MR) is 146 cm³/mol. The molecule has 1 amide bonds. The molecule has 1 atom stereocenters. The maximum atomic E-state index is 15.5. The smallest absolute Gasteiger partial charge is 0.274 e. The summed E-state index contributed by atoms with van der Waals surface area (Å²) in [5, 5.41) is 3.76. The Morgan fingerprint density at radius 3 is 2.89 bits per heavy atom. The number of nitrogens with zero attached hydrogens (tertiary/aromatic N) is 3. The summed E-state index contributed by atoms with van der Waals surface area (Å²) >= 11 is 7.44. The summed E-state index contributed by atoms with van der Waals surface area (Å²) in [6.45, 7) is 2.77. The molecule has 3 aliphatic rings. The van der Waals surface area contributed by atoms with E-state index in [9.17, 15) is 4.79 Å². The van der Waals surface area contributed by atoms with Crippen LogP contribution in [-0.2, 0) is 10.3 Å². The minimum absolute atomic E-state index is 0.0372. The number of amidine groups is 1. The molecule has 11 heteroatoms. The van der Waals surface area contributed by atoms with Crippen LogP contribution in [0, 0.1) is 12.9 Å². The van der Waals surface area contributed by atoms with E-state index in [0.717, 1.165) is 5.57 Å². The summed E-state index contributed by atoms with van der Waals surface area (Å²) in [6, 6.07) is 8.72. The van der Waals surface area contributed by atoms with Gasteiger partial charge in [-0.3, -0.25) is 4.79 Å². The van der Waals surface area contributed by atoms with Gasteiger partial charge in [0, 0.05) is 28.8 Å². The highest BCUT2D eigenvalue weighted by Gasteiger charge is 2.46.